The Bertz CT molecular complexity index is 306. The number of aliphatic hydroxyl groups is 1. The molecule has 0 aliphatic heterocycles. The minimum atomic E-state index is 0.167. The molecular weight excluding hydrogens is 180 g/mol. The zero-order valence-corrected chi connectivity index (χ0v) is 9.24. The van der Waals surface area contributed by atoms with Crippen molar-refractivity contribution in [3.05, 3.63) is 33.0 Å². The fraction of sp³-hybridized carbons (Fsp3) is 0.455. The van der Waals surface area contributed by atoms with E-state index in [1.54, 1.807) is 11.3 Å². The van der Waals surface area contributed by atoms with E-state index >= 15 is 0 Å². The van der Waals surface area contributed by atoms with E-state index < -0.39 is 0 Å². The summed E-state index contributed by atoms with van der Waals surface area (Å²) in [5.41, 5.74) is 2.64. The Morgan fingerprint density at radius 2 is 2.23 bits per heavy atom. The van der Waals surface area contributed by atoms with Crippen LogP contribution in [0.1, 0.15) is 29.2 Å². The van der Waals surface area contributed by atoms with Crippen LogP contribution in [0.2, 0.25) is 0 Å². The lowest BCUT2D eigenvalue weighted by atomic mass is 10.2. The lowest BCUT2D eigenvalue weighted by molar-refractivity contribution is 0.285. The van der Waals surface area contributed by atoms with Gasteiger partial charge in [0.2, 0.25) is 0 Å². The third-order valence-electron chi connectivity index (χ3n) is 1.92. The number of thiophene rings is 1. The van der Waals surface area contributed by atoms with Crippen molar-refractivity contribution in [1.82, 2.24) is 0 Å². The van der Waals surface area contributed by atoms with Crippen LogP contribution in [0, 0.1) is 6.92 Å². The minimum Gasteiger partial charge on any atom is -0.391 e. The third-order valence-corrected chi connectivity index (χ3v) is 3.17. The summed E-state index contributed by atoms with van der Waals surface area (Å²) in [6, 6.07) is 2.07. The largest absolute Gasteiger partial charge is 0.391 e. The molecular formula is C11H16OS. The second-order valence-corrected chi connectivity index (χ2v) is 4.68. The predicted octanol–water partition coefficient (Wildman–Crippen LogP) is 3.06. The van der Waals surface area contributed by atoms with Gasteiger partial charge in [0.15, 0.2) is 0 Å². The maximum Gasteiger partial charge on any atom is 0.0774 e. The van der Waals surface area contributed by atoms with Crippen LogP contribution < -0.4 is 0 Å². The highest BCUT2D eigenvalue weighted by Gasteiger charge is 2.02. The average Bonchev–Trinajstić information content (AvgIpc) is 2.43. The van der Waals surface area contributed by atoms with Crippen LogP contribution in [0.4, 0.5) is 0 Å². The maximum atomic E-state index is 8.95. The van der Waals surface area contributed by atoms with Crippen LogP contribution in [0.25, 0.3) is 0 Å². The summed E-state index contributed by atoms with van der Waals surface area (Å²) in [6.07, 6.45) is 3.22. The van der Waals surface area contributed by atoms with Gasteiger partial charge in [-0.1, -0.05) is 11.6 Å². The summed E-state index contributed by atoms with van der Waals surface area (Å²) in [6.45, 7) is 6.48. The first-order chi connectivity index (χ1) is 6.13. The topological polar surface area (TPSA) is 20.2 Å². The first kappa shape index (κ1) is 10.5. The Kier molecular flexibility index (Phi) is 3.70. The molecule has 1 N–H and O–H groups in total. The molecule has 0 aliphatic carbocycles. The van der Waals surface area contributed by atoms with Gasteiger partial charge in [-0.3, -0.25) is 0 Å². The molecule has 0 bridgehead atoms. The van der Waals surface area contributed by atoms with Crippen LogP contribution in [-0.2, 0) is 13.0 Å². The molecule has 1 nitrogen and oxygen atoms in total. The maximum absolute atomic E-state index is 8.95. The minimum absolute atomic E-state index is 0.167. The average molecular weight is 196 g/mol. The highest BCUT2D eigenvalue weighted by Crippen LogP contribution is 2.22. The van der Waals surface area contributed by atoms with Crippen molar-refractivity contribution in [2.75, 3.05) is 0 Å². The molecule has 1 rings (SSSR count). The van der Waals surface area contributed by atoms with E-state index in [-0.39, 0.29) is 6.61 Å². The molecule has 0 aliphatic rings. The van der Waals surface area contributed by atoms with Gasteiger partial charge in [-0.15, -0.1) is 11.3 Å². The molecule has 2 heteroatoms. The molecule has 1 heterocycles. The molecule has 0 unspecified atom stereocenters. The number of hydrogen-bond acceptors (Lipinski definition) is 2. The normalized spacial score (nSPS) is 10.2. The Morgan fingerprint density at radius 1 is 1.54 bits per heavy atom. The monoisotopic (exact) mass is 196 g/mol. The van der Waals surface area contributed by atoms with Gasteiger partial charge in [-0.25, -0.2) is 0 Å². The van der Waals surface area contributed by atoms with Crippen molar-refractivity contribution < 1.29 is 5.11 Å². The first-order valence-electron chi connectivity index (χ1n) is 4.46. The van der Waals surface area contributed by atoms with Gasteiger partial charge in [0.1, 0.15) is 0 Å². The summed E-state index contributed by atoms with van der Waals surface area (Å²) in [7, 11) is 0. The SMILES string of the molecule is CC(C)=CCc1sc(CO)cc1C. The third kappa shape index (κ3) is 2.98. The molecule has 0 saturated heterocycles. The van der Waals surface area contributed by atoms with Crippen LogP contribution in [-0.4, -0.2) is 5.11 Å². The van der Waals surface area contributed by atoms with Gasteiger partial charge in [-0.2, -0.15) is 0 Å². The Labute approximate surface area is 83.7 Å². The van der Waals surface area contributed by atoms with E-state index in [1.807, 2.05) is 0 Å². The Balaban J connectivity index is 2.77. The van der Waals surface area contributed by atoms with Crippen LogP contribution in [0.5, 0.6) is 0 Å². The first-order valence-corrected chi connectivity index (χ1v) is 5.27. The Morgan fingerprint density at radius 3 is 2.69 bits per heavy atom. The molecule has 1 aromatic rings. The van der Waals surface area contributed by atoms with Gasteiger partial charge in [0, 0.05) is 16.2 Å². The molecule has 0 amide bonds. The quantitative estimate of drug-likeness (QED) is 0.737. The summed E-state index contributed by atoms with van der Waals surface area (Å²) in [5, 5.41) is 8.95. The molecule has 0 saturated carbocycles. The molecule has 1 aromatic heterocycles. The van der Waals surface area contributed by atoms with Crippen molar-refractivity contribution in [3.63, 3.8) is 0 Å². The van der Waals surface area contributed by atoms with Gasteiger partial charge in [-0.05, 0) is 32.4 Å². The summed E-state index contributed by atoms with van der Waals surface area (Å²) < 4.78 is 0. The standard InChI is InChI=1S/C11H16OS/c1-8(2)4-5-11-9(3)6-10(7-12)13-11/h4,6,12H,5,7H2,1-3H3. The van der Waals surface area contributed by atoms with Gasteiger partial charge >= 0.3 is 0 Å². The number of aliphatic hydroxyl groups excluding tert-OH is 1. The van der Waals surface area contributed by atoms with Crippen LogP contribution in [0.3, 0.4) is 0 Å². The smallest absolute Gasteiger partial charge is 0.0774 e. The molecule has 0 aromatic carbocycles. The van der Waals surface area contributed by atoms with Crippen molar-refractivity contribution in [1.29, 1.82) is 0 Å². The molecule has 72 valence electrons. The molecule has 0 atom stereocenters. The highest BCUT2D eigenvalue weighted by molar-refractivity contribution is 7.12. The van der Waals surface area contributed by atoms with Gasteiger partial charge in [0.05, 0.1) is 6.61 Å². The summed E-state index contributed by atoms with van der Waals surface area (Å²) >= 11 is 1.71. The number of allylic oxidation sites excluding steroid dienone is 2. The fourth-order valence-corrected chi connectivity index (χ4v) is 2.17. The van der Waals surface area contributed by atoms with Crippen molar-refractivity contribution >= 4 is 11.3 Å². The van der Waals surface area contributed by atoms with E-state index in [4.69, 9.17) is 5.11 Å². The van der Waals surface area contributed by atoms with E-state index in [0.29, 0.717) is 0 Å². The molecule has 0 spiro atoms. The summed E-state index contributed by atoms with van der Waals surface area (Å²) in [5.74, 6) is 0. The van der Waals surface area contributed by atoms with Gasteiger partial charge < -0.3 is 5.11 Å². The Hall–Kier alpha value is -0.600. The molecule has 0 fully saturated rings. The lowest BCUT2D eigenvalue weighted by Crippen LogP contribution is -1.78. The highest BCUT2D eigenvalue weighted by atomic mass is 32.1. The van der Waals surface area contributed by atoms with Crippen molar-refractivity contribution in [2.45, 2.75) is 33.8 Å². The van der Waals surface area contributed by atoms with Crippen molar-refractivity contribution in [3.8, 4) is 0 Å². The zero-order valence-electron chi connectivity index (χ0n) is 8.42. The van der Waals surface area contributed by atoms with E-state index in [9.17, 15) is 0 Å². The van der Waals surface area contributed by atoms with E-state index in [1.165, 1.54) is 16.0 Å². The van der Waals surface area contributed by atoms with E-state index in [2.05, 4.69) is 32.9 Å². The number of aryl methyl sites for hydroxylation is 1. The van der Waals surface area contributed by atoms with Crippen molar-refractivity contribution in [2.24, 2.45) is 0 Å². The fourth-order valence-electron chi connectivity index (χ4n) is 1.17. The summed E-state index contributed by atoms with van der Waals surface area (Å²) in [4.78, 5) is 2.43. The van der Waals surface area contributed by atoms with E-state index in [0.717, 1.165) is 11.3 Å². The van der Waals surface area contributed by atoms with Gasteiger partial charge in [0.25, 0.3) is 0 Å². The molecule has 13 heavy (non-hydrogen) atoms. The molecule has 0 radical (unpaired) electrons. The lowest BCUT2D eigenvalue weighted by Gasteiger charge is -1.93. The van der Waals surface area contributed by atoms with Crippen LogP contribution in [0.15, 0.2) is 17.7 Å². The number of hydrogen-bond donors (Lipinski definition) is 1. The second-order valence-electron chi connectivity index (χ2n) is 3.46. The second kappa shape index (κ2) is 4.58. The number of rotatable bonds is 3. The van der Waals surface area contributed by atoms with Crippen LogP contribution >= 0.6 is 11.3 Å². The predicted molar refractivity (Wildman–Crippen MR) is 58.1 cm³/mol. The zero-order chi connectivity index (χ0) is 9.84.